The molecule has 4 heterocycles. The van der Waals surface area contributed by atoms with E-state index in [1.807, 2.05) is 0 Å². The Balaban J connectivity index is 1.61. The van der Waals surface area contributed by atoms with Crippen molar-refractivity contribution in [3.63, 3.8) is 0 Å². The molecule has 0 aliphatic carbocycles. The van der Waals surface area contributed by atoms with Gasteiger partial charge in [0.05, 0.1) is 30.8 Å². The van der Waals surface area contributed by atoms with Gasteiger partial charge in [0.25, 0.3) is 5.91 Å². The molecule has 1 amide bonds. The van der Waals surface area contributed by atoms with E-state index in [4.69, 9.17) is 4.74 Å². The summed E-state index contributed by atoms with van der Waals surface area (Å²) in [6, 6.07) is 2.10. The molecule has 1 N–H and O–H groups in total. The van der Waals surface area contributed by atoms with Gasteiger partial charge in [-0.25, -0.2) is 9.97 Å². The van der Waals surface area contributed by atoms with Gasteiger partial charge in [-0.05, 0) is 35.2 Å². The lowest BCUT2D eigenvalue weighted by atomic mass is 10.1. The average Bonchev–Trinajstić information content (AvgIpc) is 3.16. The topological polar surface area (TPSA) is 70.6 Å². The van der Waals surface area contributed by atoms with Gasteiger partial charge >= 0.3 is 0 Å². The lowest BCUT2D eigenvalue weighted by Gasteiger charge is -2.33. The van der Waals surface area contributed by atoms with E-state index >= 15 is 0 Å². The van der Waals surface area contributed by atoms with Crippen LogP contribution >= 0.6 is 27.3 Å². The molecule has 7 nitrogen and oxygen atoms in total. The second-order valence-electron chi connectivity index (χ2n) is 6.65. The summed E-state index contributed by atoms with van der Waals surface area (Å²) >= 11 is 4.70. The summed E-state index contributed by atoms with van der Waals surface area (Å²) in [5, 5.41) is 4.75. The molecule has 27 heavy (non-hydrogen) atoms. The number of thiazole rings is 1. The number of aromatic nitrogens is 2. The maximum atomic E-state index is 12.6. The van der Waals surface area contributed by atoms with Gasteiger partial charge in [0.2, 0.25) is 0 Å². The molecule has 2 aliphatic rings. The van der Waals surface area contributed by atoms with Crippen LogP contribution in [0.1, 0.15) is 29.8 Å². The molecular formula is C18H22BrN5O2S. The quantitative estimate of drug-likeness (QED) is 0.767. The number of carbonyl (C=O) groups is 1. The fraction of sp³-hybridized carbons (Fsp3) is 0.500. The maximum Gasteiger partial charge on any atom is 0.275 e. The summed E-state index contributed by atoms with van der Waals surface area (Å²) < 4.78 is 6.15. The first kappa shape index (κ1) is 18.6. The molecule has 0 aromatic carbocycles. The minimum absolute atomic E-state index is 0.212. The number of nitrogens with zero attached hydrogens (tertiary/aromatic N) is 4. The van der Waals surface area contributed by atoms with Crippen LogP contribution in [0.25, 0.3) is 0 Å². The second kappa shape index (κ2) is 8.53. The Labute approximate surface area is 170 Å². The van der Waals surface area contributed by atoms with E-state index in [1.165, 1.54) is 30.6 Å². The van der Waals surface area contributed by atoms with Crippen molar-refractivity contribution in [3.05, 3.63) is 27.3 Å². The fourth-order valence-corrected chi connectivity index (χ4v) is 4.43. The third-order valence-electron chi connectivity index (χ3n) is 4.86. The number of rotatable bonds is 4. The number of carbonyl (C=O) groups excluding carboxylic acids is 1. The van der Waals surface area contributed by atoms with Crippen molar-refractivity contribution in [3.8, 4) is 0 Å². The largest absolute Gasteiger partial charge is 0.378 e. The molecule has 2 fully saturated rings. The minimum Gasteiger partial charge on any atom is -0.378 e. The highest BCUT2D eigenvalue weighted by Gasteiger charge is 2.21. The average molecular weight is 452 g/mol. The number of nitrogens with one attached hydrogen (secondary N) is 1. The van der Waals surface area contributed by atoms with Crippen molar-refractivity contribution in [1.82, 2.24) is 9.97 Å². The summed E-state index contributed by atoms with van der Waals surface area (Å²) in [4.78, 5) is 26.0. The number of halogens is 1. The van der Waals surface area contributed by atoms with E-state index in [2.05, 4.69) is 47.1 Å². The molecule has 0 radical (unpaired) electrons. The third-order valence-corrected chi connectivity index (χ3v) is 6.22. The lowest BCUT2D eigenvalue weighted by molar-refractivity contribution is 0.102. The molecule has 2 aliphatic heterocycles. The van der Waals surface area contributed by atoms with Crippen molar-refractivity contribution in [2.75, 3.05) is 54.5 Å². The van der Waals surface area contributed by atoms with Gasteiger partial charge in [-0.3, -0.25) is 4.79 Å². The van der Waals surface area contributed by atoms with E-state index in [0.29, 0.717) is 9.61 Å². The number of ether oxygens (including phenoxy) is 1. The van der Waals surface area contributed by atoms with Crippen molar-refractivity contribution in [1.29, 1.82) is 0 Å². The Morgan fingerprint density at radius 1 is 1.15 bits per heavy atom. The van der Waals surface area contributed by atoms with Crippen molar-refractivity contribution in [2.24, 2.45) is 0 Å². The predicted octanol–water partition coefficient (Wildman–Crippen LogP) is 3.38. The smallest absolute Gasteiger partial charge is 0.275 e. The molecule has 2 saturated heterocycles. The Hall–Kier alpha value is -1.71. The molecular weight excluding hydrogens is 430 g/mol. The maximum absolute atomic E-state index is 12.6. The van der Waals surface area contributed by atoms with Crippen LogP contribution in [0.5, 0.6) is 0 Å². The number of anilines is 3. The third kappa shape index (κ3) is 4.41. The first-order chi connectivity index (χ1) is 13.2. The predicted molar refractivity (Wildman–Crippen MR) is 111 cm³/mol. The van der Waals surface area contributed by atoms with Crippen molar-refractivity contribution in [2.45, 2.75) is 19.3 Å². The van der Waals surface area contributed by atoms with Crippen molar-refractivity contribution < 1.29 is 9.53 Å². The molecule has 0 saturated carbocycles. The monoisotopic (exact) mass is 451 g/mol. The summed E-state index contributed by atoms with van der Waals surface area (Å²) in [5.41, 5.74) is 2.19. The number of hydrogen-bond acceptors (Lipinski definition) is 7. The van der Waals surface area contributed by atoms with E-state index < -0.39 is 0 Å². The van der Waals surface area contributed by atoms with Gasteiger partial charge in [0, 0.05) is 37.6 Å². The zero-order valence-corrected chi connectivity index (χ0v) is 17.4. The molecule has 0 atom stereocenters. The van der Waals surface area contributed by atoms with Crippen LogP contribution < -0.4 is 15.1 Å². The molecule has 0 unspecified atom stereocenters. The summed E-state index contributed by atoms with van der Waals surface area (Å²) in [6.07, 6.45) is 5.36. The van der Waals surface area contributed by atoms with Gasteiger partial charge in [-0.15, -0.1) is 11.3 Å². The van der Waals surface area contributed by atoms with E-state index in [9.17, 15) is 4.79 Å². The zero-order chi connectivity index (χ0) is 18.6. The number of morpholine rings is 1. The van der Waals surface area contributed by atoms with E-state index in [1.54, 1.807) is 11.6 Å². The minimum atomic E-state index is -0.212. The van der Waals surface area contributed by atoms with Crippen molar-refractivity contribution >= 4 is 50.4 Å². The van der Waals surface area contributed by atoms with Gasteiger partial charge in [0.15, 0.2) is 3.92 Å². The summed E-state index contributed by atoms with van der Waals surface area (Å²) in [6.45, 7) is 5.11. The Morgan fingerprint density at radius 2 is 1.93 bits per heavy atom. The highest BCUT2D eigenvalue weighted by Crippen LogP contribution is 2.32. The van der Waals surface area contributed by atoms with Gasteiger partial charge in [0.1, 0.15) is 11.5 Å². The fourth-order valence-electron chi connectivity index (χ4n) is 3.43. The zero-order valence-electron chi connectivity index (χ0n) is 15.0. The van der Waals surface area contributed by atoms with Crippen LogP contribution in [-0.2, 0) is 4.74 Å². The number of hydrogen-bond donors (Lipinski definition) is 1. The van der Waals surface area contributed by atoms with E-state index in [0.717, 1.165) is 56.6 Å². The Bertz CT molecular complexity index is 803. The number of amides is 1. The van der Waals surface area contributed by atoms with Crippen LogP contribution in [0.3, 0.4) is 0 Å². The van der Waals surface area contributed by atoms with E-state index in [-0.39, 0.29) is 5.91 Å². The van der Waals surface area contributed by atoms with Crippen LogP contribution in [0.2, 0.25) is 0 Å². The van der Waals surface area contributed by atoms with Gasteiger partial charge in [-0.1, -0.05) is 0 Å². The molecule has 9 heteroatoms. The second-order valence-corrected chi connectivity index (χ2v) is 8.78. The van der Waals surface area contributed by atoms with Crippen LogP contribution in [0, 0.1) is 0 Å². The molecule has 0 bridgehead atoms. The molecule has 2 aromatic heterocycles. The SMILES string of the molecule is O=C(Nc1cnc(N2CCOCC2)cc1N1CCCCC1)c1csc(Br)n1. The molecule has 4 rings (SSSR count). The van der Waals surface area contributed by atoms with Crippen LogP contribution in [0.4, 0.5) is 17.2 Å². The number of piperidine rings is 1. The van der Waals surface area contributed by atoms with Gasteiger partial charge < -0.3 is 19.9 Å². The summed E-state index contributed by atoms with van der Waals surface area (Å²) in [7, 11) is 0. The molecule has 144 valence electrons. The first-order valence-electron chi connectivity index (χ1n) is 9.21. The first-order valence-corrected chi connectivity index (χ1v) is 10.9. The normalized spacial score (nSPS) is 17.8. The van der Waals surface area contributed by atoms with Crippen LogP contribution in [0.15, 0.2) is 21.6 Å². The Morgan fingerprint density at radius 3 is 2.63 bits per heavy atom. The Kier molecular flexibility index (Phi) is 5.89. The lowest BCUT2D eigenvalue weighted by Crippen LogP contribution is -2.37. The summed E-state index contributed by atoms with van der Waals surface area (Å²) in [5.74, 6) is 0.726. The molecule has 0 spiro atoms. The van der Waals surface area contributed by atoms with Gasteiger partial charge in [-0.2, -0.15) is 0 Å². The van der Waals surface area contributed by atoms with Crippen LogP contribution in [-0.4, -0.2) is 55.3 Å². The molecule has 2 aromatic rings. The highest BCUT2D eigenvalue weighted by molar-refractivity contribution is 9.11. The number of pyridine rings is 1. The highest BCUT2D eigenvalue weighted by atomic mass is 79.9. The standard InChI is InChI=1S/C18H22BrN5O2S/c19-18-22-14(12-27-18)17(25)21-13-11-20-16(24-6-8-26-9-7-24)10-15(13)23-4-2-1-3-5-23/h10-12H,1-9H2,(H,21,25).